The summed E-state index contributed by atoms with van der Waals surface area (Å²) in [5, 5.41) is 10.4. The minimum atomic E-state index is -0.329. The van der Waals surface area contributed by atoms with Crippen molar-refractivity contribution in [2.75, 3.05) is 13.2 Å². The summed E-state index contributed by atoms with van der Waals surface area (Å²) in [6, 6.07) is 6.27. The van der Waals surface area contributed by atoms with Gasteiger partial charge in [0.05, 0.1) is 6.10 Å². The van der Waals surface area contributed by atoms with Gasteiger partial charge in [-0.15, -0.1) is 0 Å². The van der Waals surface area contributed by atoms with E-state index < -0.39 is 0 Å². The van der Waals surface area contributed by atoms with Crippen molar-refractivity contribution in [1.82, 2.24) is 0 Å². The van der Waals surface area contributed by atoms with Crippen molar-refractivity contribution >= 4 is 0 Å². The van der Waals surface area contributed by atoms with Crippen molar-refractivity contribution in [3.05, 3.63) is 34.9 Å². The van der Waals surface area contributed by atoms with E-state index in [-0.39, 0.29) is 6.10 Å². The van der Waals surface area contributed by atoms with Gasteiger partial charge < -0.3 is 9.84 Å². The number of hydrogen-bond donors (Lipinski definition) is 1. The Kier molecular flexibility index (Phi) is 3.62. The highest BCUT2D eigenvalue weighted by Gasteiger charge is 2.24. The molecule has 1 unspecified atom stereocenters. The van der Waals surface area contributed by atoms with E-state index in [1.807, 2.05) is 0 Å². The van der Waals surface area contributed by atoms with Gasteiger partial charge in [-0.2, -0.15) is 0 Å². The summed E-state index contributed by atoms with van der Waals surface area (Å²) < 4.78 is 5.32. The molecule has 1 fully saturated rings. The fourth-order valence-corrected chi connectivity index (χ4v) is 2.44. The molecule has 0 radical (unpaired) electrons. The van der Waals surface area contributed by atoms with Crippen molar-refractivity contribution in [2.24, 2.45) is 5.92 Å². The summed E-state index contributed by atoms with van der Waals surface area (Å²) in [5.41, 5.74) is 3.52. The van der Waals surface area contributed by atoms with Gasteiger partial charge in [0.1, 0.15) is 0 Å². The van der Waals surface area contributed by atoms with Crippen LogP contribution in [0.3, 0.4) is 0 Å². The predicted octanol–water partition coefficient (Wildman–Crippen LogP) is 2.76. The number of hydrogen-bond acceptors (Lipinski definition) is 2. The lowest BCUT2D eigenvalue weighted by Crippen LogP contribution is -2.22. The first-order chi connectivity index (χ1) is 7.68. The van der Waals surface area contributed by atoms with Crippen LogP contribution in [0.4, 0.5) is 0 Å². The highest BCUT2D eigenvalue weighted by Crippen LogP contribution is 2.31. The Morgan fingerprint density at radius 3 is 2.56 bits per heavy atom. The Bertz CT molecular complexity index is 354. The first-order valence-corrected chi connectivity index (χ1v) is 6.01. The van der Waals surface area contributed by atoms with E-state index in [1.54, 1.807) is 0 Å². The first kappa shape index (κ1) is 11.6. The van der Waals surface area contributed by atoms with E-state index in [2.05, 4.69) is 32.0 Å². The number of rotatable bonds is 2. The summed E-state index contributed by atoms with van der Waals surface area (Å²) >= 11 is 0. The molecule has 0 amide bonds. The van der Waals surface area contributed by atoms with Crippen LogP contribution in [-0.4, -0.2) is 18.3 Å². The second-order valence-electron chi connectivity index (χ2n) is 4.75. The molecule has 0 saturated carbocycles. The molecule has 88 valence electrons. The second kappa shape index (κ2) is 4.98. The van der Waals surface area contributed by atoms with Crippen molar-refractivity contribution in [1.29, 1.82) is 0 Å². The van der Waals surface area contributed by atoms with Crippen LogP contribution in [0.25, 0.3) is 0 Å². The van der Waals surface area contributed by atoms with Crippen LogP contribution >= 0.6 is 0 Å². The summed E-state index contributed by atoms with van der Waals surface area (Å²) in [6.45, 7) is 5.72. The van der Waals surface area contributed by atoms with E-state index in [9.17, 15) is 5.11 Å². The van der Waals surface area contributed by atoms with Crippen LogP contribution < -0.4 is 0 Å². The molecule has 1 N–H and O–H groups in total. The molecule has 0 spiro atoms. The van der Waals surface area contributed by atoms with Gasteiger partial charge >= 0.3 is 0 Å². The maximum absolute atomic E-state index is 10.4. The quantitative estimate of drug-likeness (QED) is 0.830. The van der Waals surface area contributed by atoms with Gasteiger partial charge in [0.2, 0.25) is 0 Å². The zero-order valence-electron chi connectivity index (χ0n) is 10.1. The van der Waals surface area contributed by atoms with Crippen molar-refractivity contribution in [3.8, 4) is 0 Å². The number of aliphatic hydroxyl groups is 1. The molecule has 0 aromatic heterocycles. The normalized spacial score (nSPS) is 19.7. The zero-order valence-corrected chi connectivity index (χ0v) is 10.1. The maximum Gasteiger partial charge on any atom is 0.0822 e. The minimum Gasteiger partial charge on any atom is -0.388 e. The number of ether oxygens (including phenoxy) is 1. The van der Waals surface area contributed by atoms with Gasteiger partial charge in [-0.05, 0) is 43.7 Å². The smallest absolute Gasteiger partial charge is 0.0822 e. The lowest BCUT2D eigenvalue weighted by atomic mass is 9.87. The Labute approximate surface area is 97.3 Å². The van der Waals surface area contributed by atoms with Crippen molar-refractivity contribution in [3.63, 3.8) is 0 Å². The molecule has 1 aromatic carbocycles. The molecule has 16 heavy (non-hydrogen) atoms. The van der Waals surface area contributed by atoms with Crippen LogP contribution in [0.15, 0.2) is 18.2 Å². The summed E-state index contributed by atoms with van der Waals surface area (Å²) in [7, 11) is 0. The van der Waals surface area contributed by atoms with Crippen LogP contribution in [0.5, 0.6) is 0 Å². The first-order valence-electron chi connectivity index (χ1n) is 6.01. The molecule has 2 heteroatoms. The monoisotopic (exact) mass is 220 g/mol. The molecule has 1 aliphatic rings. The third-order valence-corrected chi connectivity index (χ3v) is 3.46. The van der Waals surface area contributed by atoms with Crippen LogP contribution in [0, 0.1) is 19.8 Å². The Morgan fingerprint density at radius 2 is 1.94 bits per heavy atom. The fraction of sp³-hybridized carbons (Fsp3) is 0.571. The van der Waals surface area contributed by atoms with E-state index in [0.29, 0.717) is 5.92 Å². The standard InChI is InChI=1S/C14H20O2/c1-10-3-4-13(11(2)9-10)14(15)12-5-7-16-8-6-12/h3-4,9,12,14-15H,5-8H2,1-2H3. The highest BCUT2D eigenvalue weighted by molar-refractivity contribution is 5.32. The third-order valence-electron chi connectivity index (χ3n) is 3.46. The number of aryl methyl sites for hydroxylation is 2. The molecule has 2 rings (SSSR count). The topological polar surface area (TPSA) is 29.5 Å². The van der Waals surface area contributed by atoms with E-state index >= 15 is 0 Å². The predicted molar refractivity (Wildman–Crippen MR) is 64.4 cm³/mol. The highest BCUT2D eigenvalue weighted by atomic mass is 16.5. The molecular weight excluding hydrogens is 200 g/mol. The average Bonchev–Trinajstić information content (AvgIpc) is 2.29. The average molecular weight is 220 g/mol. The van der Waals surface area contributed by atoms with E-state index in [4.69, 9.17) is 4.74 Å². The van der Waals surface area contributed by atoms with E-state index in [0.717, 1.165) is 31.6 Å². The third kappa shape index (κ3) is 2.45. The van der Waals surface area contributed by atoms with E-state index in [1.165, 1.54) is 11.1 Å². The largest absolute Gasteiger partial charge is 0.388 e. The lowest BCUT2D eigenvalue weighted by Gasteiger charge is -2.28. The van der Waals surface area contributed by atoms with Crippen LogP contribution in [0.2, 0.25) is 0 Å². The number of benzene rings is 1. The van der Waals surface area contributed by atoms with Gasteiger partial charge in [-0.25, -0.2) is 0 Å². The molecule has 0 aliphatic carbocycles. The summed E-state index contributed by atoms with van der Waals surface area (Å²) in [6.07, 6.45) is 1.60. The summed E-state index contributed by atoms with van der Waals surface area (Å²) in [4.78, 5) is 0. The molecule has 1 aromatic rings. The van der Waals surface area contributed by atoms with Gasteiger partial charge in [-0.3, -0.25) is 0 Å². The molecule has 1 aliphatic heterocycles. The summed E-state index contributed by atoms with van der Waals surface area (Å²) in [5.74, 6) is 0.357. The minimum absolute atomic E-state index is 0.329. The van der Waals surface area contributed by atoms with Gasteiger partial charge in [0, 0.05) is 13.2 Å². The number of aliphatic hydroxyl groups excluding tert-OH is 1. The molecule has 1 heterocycles. The molecule has 1 saturated heterocycles. The molecule has 1 atom stereocenters. The molecule has 2 nitrogen and oxygen atoms in total. The van der Waals surface area contributed by atoms with Crippen LogP contribution in [0.1, 0.15) is 35.6 Å². The SMILES string of the molecule is Cc1ccc(C(O)C2CCOCC2)c(C)c1. The van der Waals surface area contributed by atoms with Crippen LogP contribution in [-0.2, 0) is 4.74 Å². The Hall–Kier alpha value is -0.860. The second-order valence-corrected chi connectivity index (χ2v) is 4.75. The molecular formula is C14H20O2. The van der Waals surface area contributed by atoms with Gasteiger partial charge in [-0.1, -0.05) is 23.8 Å². The van der Waals surface area contributed by atoms with Crippen molar-refractivity contribution in [2.45, 2.75) is 32.8 Å². The maximum atomic E-state index is 10.4. The van der Waals surface area contributed by atoms with Crippen molar-refractivity contribution < 1.29 is 9.84 Å². The lowest BCUT2D eigenvalue weighted by molar-refractivity contribution is 0.00695. The zero-order chi connectivity index (χ0) is 11.5. The van der Waals surface area contributed by atoms with Gasteiger partial charge in [0.25, 0.3) is 0 Å². The molecule has 0 bridgehead atoms. The van der Waals surface area contributed by atoms with Gasteiger partial charge in [0.15, 0.2) is 0 Å². The fourth-order valence-electron chi connectivity index (χ4n) is 2.44. The Balaban J connectivity index is 2.15. The Morgan fingerprint density at radius 1 is 1.25 bits per heavy atom.